The van der Waals surface area contributed by atoms with E-state index in [0.717, 1.165) is 13.1 Å². The standard InChI is InChI=1S/C15H21N3/c1-12(2)16-10-14-5-4-6-15(9-14)11-18-13(3)7-8-17-18/h4-9,12,16H,10-11H2,1-3H3. The molecule has 0 aliphatic carbocycles. The third kappa shape index (κ3) is 3.44. The van der Waals surface area contributed by atoms with E-state index in [4.69, 9.17) is 0 Å². The smallest absolute Gasteiger partial charge is 0.0662 e. The van der Waals surface area contributed by atoms with Crippen molar-refractivity contribution in [1.29, 1.82) is 0 Å². The number of nitrogens with one attached hydrogen (secondary N) is 1. The number of rotatable bonds is 5. The predicted molar refractivity (Wildman–Crippen MR) is 74.5 cm³/mol. The van der Waals surface area contributed by atoms with Crippen LogP contribution in [0, 0.1) is 6.92 Å². The quantitative estimate of drug-likeness (QED) is 0.875. The van der Waals surface area contributed by atoms with Gasteiger partial charge in [0.1, 0.15) is 0 Å². The minimum Gasteiger partial charge on any atom is -0.310 e. The van der Waals surface area contributed by atoms with E-state index in [2.05, 4.69) is 55.5 Å². The Morgan fingerprint density at radius 1 is 1.22 bits per heavy atom. The van der Waals surface area contributed by atoms with E-state index in [9.17, 15) is 0 Å². The fourth-order valence-electron chi connectivity index (χ4n) is 1.90. The van der Waals surface area contributed by atoms with Crippen LogP contribution >= 0.6 is 0 Å². The van der Waals surface area contributed by atoms with E-state index in [1.54, 1.807) is 0 Å². The molecule has 0 aliphatic rings. The number of benzene rings is 1. The summed E-state index contributed by atoms with van der Waals surface area (Å²) in [4.78, 5) is 0. The minimum absolute atomic E-state index is 0.516. The van der Waals surface area contributed by atoms with E-state index in [0.29, 0.717) is 6.04 Å². The zero-order valence-corrected chi connectivity index (χ0v) is 11.4. The topological polar surface area (TPSA) is 29.9 Å². The van der Waals surface area contributed by atoms with Gasteiger partial charge in [0, 0.05) is 24.5 Å². The average Bonchev–Trinajstić information content (AvgIpc) is 2.73. The summed E-state index contributed by atoms with van der Waals surface area (Å²) >= 11 is 0. The SMILES string of the molecule is Cc1ccnn1Cc1cccc(CNC(C)C)c1. The summed E-state index contributed by atoms with van der Waals surface area (Å²) in [6, 6.07) is 11.2. The van der Waals surface area contributed by atoms with Gasteiger partial charge in [-0.25, -0.2) is 0 Å². The largest absolute Gasteiger partial charge is 0.310 e. The van der Waals surface area contributed by atoms with Crippen LogP contribution in [-0.2, 0) is 13.1 Å². The lowest BCUT2D eigenvalue weighted by Crippen LogP contribution is -2.21. The minimum atomic E-state index is 0.516. The number of hydrogen-bond acceptors (Lipinski definition) is 2. The monoisotopic (exact) mass is 243 g/mol. The second-order valence-corrected chi connectivity index (χ2v) is 4.99. The predicted octanol–water partition coefficient (Wildman–Crippen LogP) is 2.74. The van der Waals surface area contributed by atoms with Crippen LogP contribution < -0.4 is 5.32 Å². The number of aromatic nitrogens is 2. The molecule has 0 saturated carbocycles. The van der Waals surface area contributed by atoms with Crippen LogP contribution in [0.2, 0.25) is 0 Å². The van der Waals surface area contributed by atoms with Crippen LogP contribution in [0.4, 0.5) is 0 Å². The fourth-order valence-corrected chi connectivity index (χ4v) is 1.90. The van der Waals surface area contributed by atoms with E-state index >= 15 is 0 Å². The molecule has 96 valence electrons. The summed E-state index contributed by atoms with van der Waals surface area (Å²) in [6.07, 6.45) is 1.85. The highest BCUT2D eigenvalue weighted by Crippen LogP contribution is 2.08. The summed E-state index contributed by atoms with van der Waals surface area (Å²) in [5, 5.41) is 7.75. The molecule has 1 aromatic carbocycles. The lowest BCUT2D eigenvalue weighted by Gasteiger charge is -2.10. The summed E-state index contributed by atoms with van der Waals surface area (Å²) < 4.78 is 2.02. The van der Waals surface area contributed by atoms with Crippen molar-refractivity contribution < 1.29 is 0 Å². The molecule has 3 nitrogen and oxygen atoms in total. The number of aryl methyl sites for hydroxylation is 1. The molecular formula is C15H21N3. The van der Waals surface area contributed by atoms with Gasteiger partial charge in [0.25, 0.3) is 0 Å². The normalized spacial score (nSPS) is 11.1. The molecule has 0 bridgehead atoms. The third-order valence-corrected chi connectivity index (χ3v) is 2.97. The van der Waals surface area contributed by atoms with Crippen LogP contribution in [0.1, 0.15) is 30.7 Å². The van der Waals surface area contributed by atoms with Gasteiger partial charge in [0.2, 0.25) is 0 Å². The van der Waals surface area contributed by atoms with Crippen LogP contribution in [0.15, 0.2) is 36.5 Å². The Morgan fingerprint density at radius 3 is 2.67 bits per heavy atom. The summed E-state index contributed by atoms with van der Waals surface area (Å²) in [6.45, 7) is 8.17. The Labute approximate surface area is 109 Å². The van der Waals surface area contributed by atoms with Crippen molar-refractivity contribution in [2.45, 2.75) is 39.9 Å². The molecule has 3 heteroatoms. The van der Waals surface area contributed by atoms with Crippen molar-refractivity contribution >= 4 is 0 Å². The Kier molecular flexibility index (Phi) is 4.15. The van der Waals surface area contributed by atoms with Gasteiger partial charge in [-0.1, -0.05) is 38.1 Å². The Bertz CT molecular complexity index is 500. The van der Waals surface area contributed by atoms with Crippen molar-refractivity contribution in [3.05, 3.63) is 53.3 Å². The van der Waals surface area contributed by atoms with Crippen molar-refractivity contribution in [1.82, 2.24) is 15.1 Å². The van der Waals surface area contributed by atoms with Gasteiger partial charge < -0.3 is 5.32 Å². The highest BCUT2D eigenvalue weighted by atomic mass is 15.3. The Hall–Kier alpha value is -1.61. The first-order valence-electron chi connectivity index (χ1n) is 6.45. The zero-order valence-electron chi connectivity index (χ0n) is 11.4. The van der Waals surface area contributed by atoms with Gasteiger partial charge in [0.15, 0.2) is 0 Å². The highest BCUT2D eigenvalue weighted by Gasteiger charge is 2.01. The molecule has 0 spiro atoms. The van der Waals surface area contributed by atoms with Gasteiger partial charge in [-0.15, -0.1) is 0 Å². The number of hydrogen-bond donors (Lipinski definition) is 1. The molecule has 0 fully saturated rings. The van der Waals surface area contributed by atoms with Crippen molar-refractivity contribution in [2.75, 3.05) is 0 Å². The van der Waals surface area contributed by atoms with Crippen molar-refractivity contribution in [3.8, 4) is 0 Å². The maximum atomic E-state index is 4.32. The van der Waals surface area contributed by atoms with Crippen molar-refractivity contribution in [2.24, 2.45) is 0 Å². The maximum absolute atomic E-state index is 4.32. The van der Waals surface area contributed by atoms with Crippen LogP contribution in [0.5, 0.6) is 0 Å². The average molecular weight is 243 g/mol. The molecule has 18 heavy (non-hydrogen) atoms. The van der Waals surface area contributed by atoms with E-state index in [1.807, 2.05) is 16.9 Å². The molecule has 0 amide bonds. The van der Waals surface area contributed by atoms with Gasteiger partial charge >= 0.3 is 0 Å². The molecule has 1 N–H and O–H groups in total. The summed E-state index contributed by atoms with van der Waals surface area (Å²) in [5.41, 5.74) is 3.82. The van der Waals surface area contributed by atoms with Crippen LogP contribution in [0.25, 0.3) is 0 Å². The Morgan fingerprint density at radius 2 is 2.00 bits per heavy atom. The molecule has 2 aromatic rings. The third-order valence-electron chi connectivity index (χ3n) is 2.97. The van der Waals surface area contributed by atoms with Crippen LogP contribution in [0.3, 0.4) is 0 Å². The first kappa shape index (κ1) is 12.8. The molecule has 0 unspecified atom stereocenters. The van der Waals surface area contributed by atoms with E-state index in [-0.39, 0.29) is 0 Å². The molecule has 2 rings (SSSR count). The molecule has 0 saturated heterocycles. The molecule has 0 atom stereocenters. The second-order valence-electron chi connectivity index (χ2n) is 4.99. The summed E-state index contributed by atoms with van der Waals surface area (Å²) in [7, 11) is 0. The second kappa shape index (κ2) is 5.83. The van der Waals surface area contributed by atoms with Crippen molar-refractivity contribution in [3.63, 3.8) is 0 Å². The van der Waals surface area contributed by atoms with Gasteiger partial charge in [-0.05, 0) is 24.1 Å². The Balaban J connectivity index is 2.05. The van der Waals surface area contributed by atoms with E-state index in [1.165, 1.54) is 16.8 Å². The fraction of sp³-hybridized carbons (Fsp3) is 0.400. The lowest BCUT2D eigenvalue weighted by atomic mass is 10.1. The molecule has 1 heterocycles. The molecule has 0 aliphatic heterocycles. The van der Waals surface area contributed by atoms with Gasteiger partial charge in [-0.3, -0.25) is 4.68 Å². The number of nitrogens with zero attached hydrogens (tertiary/aromatic N) is 2. The lowest BCUT2D eigenvalue weighted by molar-refractivity contribution is 0.588. The highest BCUT2D eigenvalue weighted by molar-refractivity contribution is 5.24. The van der Waals surface area contributed by atoms with Crippen LogP contribution in [-0.4, -0.2) is 15.8 Å². The van der Waals surface area contributed by atoms with Gasteiger partial charge in [-0.2, -0.15) is 5.10 Å². The molecule has 0 radical (unpaired) electrons. The molecular weight excluding hydrogens is 222 g/mol. The molecule has 1 aromatic heterocycles. The summed E-state index contributed by atoms with van der Waals surface area (Å²) in [5.74, 6) is 0. The first-order chi connectivity index (χ1) is 8.65. The zero-order chi connectivity index (χ0) is 13.0. The van der Waals surface area contributed by atoms with E-state index < -0.39 is 0 Å². The first-order valence-corrected chi connectivity index (χ1v) is 6.45. The van der Waals surface area contributed by atoms with Gasteiger partial charge in [0.05, 0.1) is 6.54 Å². The maximum Gasteiger partial charge on any atom is 0.0662 e.